The average molecular weight is 268 g/mol. The van der Waals surface area contributed by atoms with Gasteiger partial charge in [-0.25, -0.2) is 0 Å². The summed E-state index contributed by atoms with van der Waals surface area (Å²) in [6.07, 6.45) is 19.5. The highest BCUT2D eigenvalue weighted by atomic mass is 16.2. The van der Waals surface area contributed by atoms with Crippen LogP contribution in [0.3, 0.4) is 0 Å². The Morgan fingerprint density at radius 1 is 0.737 bits per heavy atom. The molecule has 0 aromatic carbocycles. The Labute approximate surface area is 121 Å². The van der Waals surface area contributed by atoms with E-state index in [1.165, 1.54) is 83.5 Å². The van der Waals surface area contributed by atoms with Crippen LogP contribution in [0.2, 0.25) is 0 Å². The van der Waals surface area contributed by atoms with Crippen LogP contribution in [0.5, 0.6) is 0 Å². The molecule has 0 bridgehead atoms. The topological polar surface area (TPSA) is 20.2 Å². The average Bonchev–Trinajstić information content (AvgIpc) is 2.42. The molecule has 1 aliphatic carbocycles. The van der Waals surface area contributed by atoms with Crippen molar-refractivity contribution < 1.29 is 5.11 Å². The van der Waals surface area contributed by atoms with Crippen LogP contribution in [0, 0.1) is 11.8 Å². The fraction of sp³-hybridized carbons (Fsp3) is 1.00. The Hall–Kier alpha value is -0.0400. The van der Waals surface area contributed by atoms with E-state index in [0.29, 0.717) is 6.61 Å². The van der Waals surface area contributed by atoms with Crippen LogP contribution in [0.1, 0.15) is 96.8 Å². The van der Waals surface area contributed by atoms with Gasteiger partial charge in [-0.3, -0.25) is 0 Å². The van der Waals surface area contributed by atoms with E-state index in [4.69, 9.17) is 5.11 Å². The van der Waals surface area contributed by atoms with Crippen molar-refractivity contribution in [2.24, 2.45) is 11.8 Å². The van der Waals surface area contributed by atoms with E-state index in [-0.39, 0.29) is 0 Å². The summed E-state index contributed by atoms with van der Waals surface area (Å²) in [5, 5.41) is 9.06. The second kappa shape index (κ2) is 11.8. The normalized spacial score (nSPS) is 28.7. The molecule has 1 fully saturated rings. The summed E-state index contributed by atoms with van der Waals surface area (Å²) in [6.45, 7) is 2.83. The first-order valence-corrected chi connectivity index (χ1v) is 8.95. The van der Waals surface area contributed by atoms with Crippen molar-refractivity contribution in [1.29, 1.82) is 0 Å². The van der Waals surface area contributed by atoms with Crippen molar-refractivity contribution >= 4 is 0 Å². The Morgan fingerprint density at radius 2 is 1.21 bits per heavy atom. The predicted octanol–water partition coefficient (Wildman–Crippen LogP) is 5.71. The van der Waals surface area contributed by atoms with Crippen LogP contribution in [0.25, 0.3) is 0 Å². The smallest absolute Gasteiger partial charge is 0.0431 e. The van der Waals surface area contributed by atoms with Gasteiger partial charge in [-0.1, -0.05) is 84.0 Å². The summed E-state index contributed by atoms with van der Waals surface area (Å²) in [6, 6.07) is 0. The summed E-state index contributed by atoms with van der Waals surface area (Å²) in [4.78, 5) is 0. The lowest BCUT2D eigenvalue weighted by Gasteiger charge is -2.24. The predicted molar refractivity (Wildman–Crippen MR) is 84.4 cm³/mol. The minimum atomic E-state index is 0.378. The maximum atomic E-state index is 9.06. The maximum Gasteiger partial charge on any atom is 0.0431 e. The van der Waals surface area contributed by atoms with Crippen LogP contribution in [0.15, 0.2) is 0 Å². The fourth-order valence-electron chi connectivity index (χ4n) is 3.59. The van der Waals surface area contributed by atoms with Gasteiger partial charge >= 0.3 is 0 Å². The van der Waals surface area contributed by atoms with Gasteiger partial charge in [0.2, 0.25) is 0 Å². The Morgan fingerprint density at radius 3 is 1.74 bits per heavy atom. The Balaban J connectivity index is 2.33. The summed E-state index contributed by atoms with van der Waals surface area (Å²) in [7, 11) is 0. The number of hydrogen-bond acceptors (Lipinski definition) is 1. The molecule has 1 nitrogen and oxygen atoms in total. The van der Waals surface area contributed by atoms with Gasteiger partial charge in [0.05, 0.1) is 0 Å². The third-order valence-electron chi connectivity index (χ3n) is 5.02. The van der Waals surface area contributed by atoms with Crippen molar-refractivity contribution in [1.82, 2.24) is 0 Å². The molecule has 0 amide bonds. The van der Waals surface area contributed by atoms with Gasteiger partial charge in [0.15, 0.2) is 0 Å². The third-order valence-corrected chi connectivity index (χ3v) is 5.02. The number of aliphatic hydroxyl groups excluding tert-OH is 1. The van der Waals surface area contributed by atoms with Gasteiger partial charge in [0.25, 0.3) is 0 Å². The van der Waals surface area contributed by atoms with Crippen molar-refractivity contribution in [2.45, 2.75) is 96.8 Å². The molecule has 114 valence electrons. The molecule has 1 aliphatic rings. The molecule has 2 atom stereocenters. The third kappa shape index (κ3) is 8.68. The first-order valence-electron chi connectivity index (χ1n) is 8.95. The van der Waals surface area contributed by atoms with Crippen LogP contribution < -0.4 is 0 Å². The van der Waals surface area contributed by atoms with Gasteiger partial charge in [0.1, 0.15) is 0 Å². The van der Waals surface area contributed by atoms with E-state index >= 15 is 0 Å². The van der Waals surface area contributed by atoms with E-state index in [0.717, 1.165) is 18.3 Å². The van der Waals surface area contributed by atoms with Gasteiger partial charge in [0, 0.05) is 6.61 Å². The maximum absolute atomic E-state index is 9.06. The van der Waals surface area contributed by atoms with Gasteiger partial charge in [-0.05, 0) is 24.7 Å². The molecule has 0 saturated heterocycles. The lowest BCUT2D eigenvalue weighted by atomic mass is 9.82. The van der Waals surface area contributed by atoms with Crippen LogP contribution in [-0.2, 0) is 0 Å². The summed E-state index contributed by atoms with van der Waals surface area (Å²) >= 11 is 0. The molecular formula is C18H36O. The molecule has 19 heavy (non-hydrogen) atoms. The monoisotopic (exact) mass is 268 g/mol. The molecule has 1 N–H and O–H groups in total. The molecule has 1 saturated carbocycles. The molecular weight excluding hydrogens is 232 g/mol. The quantitative estimate of drug-likeness (QED) is 0.695. The lowest BCUT2D eigenvalue weighted by Crippen LogP contribution is -2.13. The Kier molecular flexibility index (Phi) is 10.5. The SMILES string of the molecule is CC1CCCCCCCCCCCCC1CCCO. The Bertz CT molecular complexity index is 190. The van der Waals surface area contributed by atoms with Crippen molar-refractivity contribution in [2.75, 3.05) is 6.61 Å². The molecule has 0 aromatic heterocycles. The minimum absolute atomic E-state index is 0.378. The molecule has 2 unspecified atom stereocenters. The highest BCUT2D eigenvalue weighted by Gasteiger charge is 2.16. The first-order chi connectivity index (χ1) is 9.34. The molecule has 0 heterocycles. The first kappa shape index (κ1) is 17.0. The zero-order chi connectivity index (χ0) is 13.8. The summed E-state index contributed by atoms with van der Waals surface area (Å²) in [5.74, 6) is 1.74. The second-order valence-corrected chi connectivity index (χ2v) is 6.72. The summed E-state index contributed by atoms with van der Waals surface area (Å²) < 4.78 is 0. The molecule has 1 rings (SSSR count). The molecule has 1 heteroatoms. The highest BCUT2D eigenvalue weighted by molar-refractivity contribution is 4.68. The standard InChI is InChI=1S/C18H36O/c1-17-13-10-8-6-4-2-3-5-7-9-11-14-18(17)15-12-16-19/h17-19H,2-16H2,1H3. The van der Waals surface area contributed by atoms with Gasteiger partial charge < -0.3 is 5.11 Å². The van der Waals surface area contributed by atoms with Crippen molar-refractivity contribution in [3.8, 4) is 0 Å². The van der Waals surface area contributed by atoms with Crippen LogP contribution in [-0.4, -0.2) is 11.7 Å². The van der Waals surface area contributed by atoms with Crippen LogP contribution in [0.4, 0.5) is 0 Å². The zero-order valence-electron chi connectivity index (χ0n) is 13.2. The molecule has 0 spiro atoms. The molecule has 0 aliphatic heterocycles. The largest absolute Gasteiger partial charge is 0.396 e. The second-order valence-electron chi connectivity index (χ2n) is 6.72. The summed E-state index contributed by atoms with van der Waals surface area (Å²) in [5.41, 5.74) is 0. The van der Waals surface area contributed by atoms with Crippen molar-refractivity contribution in [3.05, 3.63) is 0 Å². The van der Waals surface area contributed by atoms with E-state index < -0.39 is 0 Å². The van der Waals surface area contributed by atoms with Gasteiger partial charge in [-0.2, -0.15) is 0 Å². The van der Waals surface area contributed by atoms with E-state index in [9.17, 15) is 0 Å². The van der Waals surface area contributed by atoms with E-state index in [1.54, 1.807) is 0 Å². The fourth-order valence-corrected chi connectivity index (χ4v) is 3.59. The van der Waals surface area contributed by atoms with Crippen LogP contribution >= 0.6 is 0 Å². The zero-order valence-corrected chi connectivity index (χ0v) is 13.2. The van der Waals surface area contributed by atoms with E-state index in [1.807, 2.05) is 0 Å². The lowest BCUT2D eigenvalue weighted by molar-refractivity contribution is 0.232. The number of hydrogen-bond donors (Lipinski definition) is 1. The number of aliphatic hydroxyl groups is 1. The van der Waals surface area contributed by atoms with E-state index in [2.05, 4.69) is 6.92 Å². The highest BCUT2D eigenvalue weighted by Crippen LogP contribution is 2.28. The minimum Gasteiger partial charge on any atom is -0.396 e. The molecule has 0 radical (unpaired) electrons. The molecule has 0 aromatic rings. The number of rotatable bonds is 3. The van der Waals surface area contributed by atoms with Crippen molar-refractivity contribution in [3.63, 3.8) is 0 Å². The van der Waals surface area contributed by atoms with Gasteiger partial charge in [-0.15, -0.1) is 0 Å².